The summed E-state index contributed by atoms with van der Waals surface area (Å²) in [5, 5.41) is 4.30. The summed E-state index contributed by atoms with van der Waals surface area (Å²) in [6, 6.07) is 0. The number of rotatable bonds is 6. The van der Waals surface area contributed by atoms with Crippen molar-refractivity contribution in [3.8, 4) is 0 Å². The molecule has 0 saturated heterocycles. The quantitative estimate of drug-likeness (QED) is 0.674. The Morgan fingerprint density at radius 3 is 2.76 bits per heavy atom. The zero-order valence-corrected chi connectivity index (χ0v) is 10.7. The molecule has 0 atom stereocenters. The number of hydrogen-bond acceptors (Lipinski definition) is 1. The van der Waals surface area contributed by atoms with Gasteiger partial charge in [-0.1, -0.05) is 18.0 Å². The monoisotopic (exact) mass is 235 g/mol. The normalized spacial score (nSPS) is 10.9. The van der Waals surface area contributed by atoms with Crippen LogP contribution in [0.25, 0.3) is 0 Å². The third-order valence-electron chi connectivity index (χ3n) is 2.82. The number of unbranched alkanes of at least 4 members (excludes halogenated alkanes) is 1. The second kappa shape index (κ2) is 5.61. The molecular weight excluding hydrogens is 214 g/mol. The molecule has 0 radical (unpaired) electrons. The van der Waals surface area contributed by atoms with Crippen LogP contribution >= 0.6 is 0 Å². The van der Waals surface area contributed by atoms with Crippen LogP contribution in [-0.2, 0) is 19.8 Å². The van der Waals surface area contributed by atoms with Gasteiger partial charge in [-0.25, -0.2) is 13.7 Å². The Morgan fingerprint density at radius 2 is 2.06 bits per heavy atom. The Balaban J connectivity index is 1.96. The van der Waals surface area contributed by atoms with Gasteiger partial charge in [0.2, 0.25) is 19.3 Å². The Morgan fingerprint density at radius 1 is 1.18 bits per heavy atom. The van der Waals surface area contributed by atoms with E-state index in [1.807, 2.05) is 17.3 Å². The average Bonchev–Trinajstić information content (AvgIpc) is 2.96. The summed E-state index contributed by atoms with van der Waals surface area (Å²) in [5.74, 6) is 0. The highest BCUT2D eigenvalue weighted by Gasteiger charge is 2.09. The van der Waals surface area contributed by atoms with E-state index in [-0.39, 0.29) is 0 Å². The predicted molar refractivity (Wildman–Crippen MR) is 63.0 cm³/mol. The summed E-state index contributed by atoms with van der Waals surface area (Å²) in [4.78, 5) is 0. The molecule has 0 saturated carbocycles. The van der Waals surface area contributed by atoms with E-state index < -0.39 is 0 Å². The van der Waals surface area contributed by atoms with Crippen LogP contribution in [0.15, 0.2) is 31.4 Å². The second-order valence-electron chi connectivity index (χ2n) is 4.28. The van der Waals surface area contributed by atoms with Gasteiger partial charge < -0.3 is 0 Å². The molecule has 0 unspecified atom stereocenters. The Labute approximate surface area is 102 Å². The molecule has 0 aromatic carbocycles. The van der Waals surface area contributed by atoms with Crippen molar-refractivity contribution in [2.45, 2.75) is 46.4 Å². The van der Waals surface area contributed by atoms with Crippen molar-refractivity contribution < 1.29 is 9.13 Å². The summed E-state index contributed by atoms with van der Waals surface area (Å²) < 4.78 is 8.37. The largest absolute Gasteiger partial charge is 0.265 e. The molecule has 0 aliphatic rings. The van der Waals surface area contributed by atoms with Gasteiger partial charge in [0.1, 0.15) is 12.4 Å². The molecule has 0 fully saturated rings. The topological polar surface area (TPSA) is 30.5 Å². The molecule has 5 nitrogen and oxygen atoms in total. The Bertz CT molecular complexity index is 457. The van der Waals surface area contributed by atoms with E-state index in [2.05, 4.69) is 51.4 Å². The van der Waals surface area contributed by atoms with Crippen molar-refractivity contribution in [2.24, 2.45) is 0 Å². The molecule has 2 rings (SSSR count). The highest BCUT2D eigenvalue weighted by atomic mass is 15.4. The van der Waals surface area contributed by atoms with Crippen LogP contribution in [0.2, 0.25) is 0 Å². The number of hydrogen-bond donors (Lipinski definition) is 0. The summed E-state index contributed by atoms with van der Waals surface area (Å²) in [7, 11) is 0. The van der Waals surface area contributed by atoms with E-state index in [0.717, 1.165) is 19.8 Å². The smallest absolute Gasteiger partial charge is 0.237 e. The van der Waals surface area contributed by atoms with Gasteiger partial charge in [-0.3, -0.25) is 0 Å². The first-order valence-corrected chi connectivity index (χ1v) is 6.28. The minimum atomic E-state index is 0.770. The van der Waals surface area contributed by atoms with E-state index >= 15 is 0 Å². The van der Waals surface area contributed by atoms with Crippen molar-refractivity contribution in [3.63, 3.8) is 0 Å². The maximum absolute atomic E-state index is 4.30. The third kappa shape index (κ3) is 3.15. The van der Waals surface area contributed by atoms with Crippen LogP contribution in [0.1, 0.15) is 26.7 Å². The molecule has 92 valence electrons. The summed E-state index contributed by atoms with van der Waals surface area (Å²) >= 11 is 0. The fraction of sp³-hybridized carbons (Fsp3) is 0.583. The third-order valence-corrected chi connectivity index (χ3v) is 2.82. The van der Waals surface area contributed by atoms with E-state index in [9.17, 15) is 0 Å². The first-order valence-electron chi connectivity index (χ1n) is 6.28. The zero-order chi connectivity index (χ0) is 12.1. The molecule has 0 bridgehead atoms. The number of imidazole rings is 1. The molecule has 0 spiro atoms. The van der Waals surface area contributed by atoms with Gasteiger partial charge in [-0.2, -0.15) is 0 Å². The Hall–Kier alpha value is -1.65. The van der Waals surface area contributed by atoms with Gasteiger partial charge in [0.05, 0.1) is 13.1 Å². The van der Waals surface area contributed by atoms with Crippen molar-refractivity contribution in [3.05, 3.63) is 31.4 Å². The standard InChI is InChI=1S/C12H21N5/c1-3-5-6-15-7-8-16(10-15)12-17-11-14(4-2)9-13-17/h7-11H,3-6,12H2,1-2H3/q+2. The number of aryl methyl sites for hydroxylation is 2. The maximum Gasteiger partial charge on any atom is 0.265 e. The zero-order valence-electron chi connectivity index (χ0n) is 10.7. The van der Waals surface area contributed by atoms with Gasteiger partial charge in [-0.05, 0) is 13.3 Å². The van der Waals surface area contributed by atoms with Crippen LogP contribution in [0.5, 0.6) is 0 Å². The molecule has 0 amide bonds. The highest BCUT2D eigenvalue weighted by Crippen LogP contribution is 1.92. The fourth-order valence-electron chi connectivity index (χ4n) is 1.76. The van der Waals surface area contributed by atoms with Crippen LogP contribution in [0.3, 0.4) is 0 Å². The average molecular weight is 235 g/mol. The molecular formula is C12H21N5+2. The Kier molecular flexibility index (Phi) is 3.90. The van der Waals surface area contributed by atoms with Crippen molar-refractivity contribution in [1.82, 2.24) is 14.3 Å². The lowest BCUT2D eigenvalue weighted by atomic mass is 10.3. The molecule has 5 heteroatoms. The molecule has 17 heavy (non-hydrogen) atoms. The van der Waals surface area contributed by atoms with Gasteiger partial charge in [0, 0.05) is 5.10 Å². The minimum absolute atomic E-state index is 0.770. The SMILES string of the molecule is CCCCn1cc[n+](Cn2c[n+](CC)cn2)c1. The van der Waals surface area contributed by atoms with Crippen molar-refractivity contribution >= 4 is 0 Å². The molecule has 2 aromatic rings. The molecule has 2 heterocycles. The van der Waals surface area contributed by atoms with E-state index in [1.54, 1.807) is 0 Å². The lowest BCUT2D eigenvalue weighted by Crippen LogP contribution is -2.36. The van der Waals surface area contributed by atoms with E-state index in [4.69, 9.17) is 0 Å². The molecule has 0 aliphatic heterocycles. The van der Waals surface area contributed by atoms with Crippen molar-refractivity contribution in [1.29, 1.82) is 0 Å². The van der Waals surface area contributed by atoms with Gasteiger partial charge >= 0.3 is 0 Å². The predicted octanol–water partition coefficient (Wildman–Crippen LogP) is 0.585. The minimum Gasteiger partial charge on any atom is -0.237 e. The second-order valence-corrected chi connectivity index (χ2v) is 4.28. The maximum atomic E-state index is 4.30. The molecule has 0 aliphatic carbocycles. The summed E-state index contributed by atoms with van der Waals surface area (Å²) in [6.45, 7) is 7.15. The lowest BCUT2D eigenvalue weighted by Gasteiger charge is -1.92. The summed E-state index contributed by atoms with van der Waals surface area (Å²) in [5.41, 5.74) is 0. The lowest BCUT2D eigenvalue weighted by molar-refractivity contribution is -0.711. The van der Waals surface area contributed by atoms with Crippen LogP contribution in [0, 0.1) is 0 Å². The number of aromatic nitrogens is 5. The van der Waals surface area contributed by atoms with Crippen molar-refractivity contribution in [2.75, 3.05) is 0 Å². The number of nitrogens with zero attached hydrogens (tertiary/aromatic N) is 5. The van der Waals surface area contributed by atoms with Crippen LogP contribution in [0.4, 0.5) is 0 Å². The van der Waals surface area contributed by atoms with Crippen LogP contribution < -0.4 is 9.13 Å². The first kappa shape index (κ1) is 11.8. The van der Waals surface area contributed by atoms with Gasteiger partial charge in [0.25, 0.3) is 6.33 Å². The first-order chi connectivity index (χ1) is 8.31. The van der Waals surface area contributed by atoms with E-state index in [0.29, 0.717) is 0 Å². The van der Waals surface area contributed by atoms with Gasteiger partial charge in [-0.15, -0.1) is 0 Å². The fourth-order valence-corrected chi connectivity index (χ4v) is 1.76. The van der Waals surface area contributed by atoms with Gasteiger partial charge in [0.15, 0.2) is 0 Å². The molecule has 0 N–H and O–H groups in total. The highest BCUT2D eigenvalue weighted by molar-refractivity contribution is 4.65. The molecule has 2 aromatic heterocycles. The summed E-state index contributed by atoms with van der Waals surface area (Å²) in [6.07, 6.45) is 12.7. The van der Waals surface area contributed by atoms with E-state index in [1.165, 1.54) is 12.8 Å². The van der Waals surface area contributed by atoms with Crippen LogP contribution in [-0.4, -0.2) is 14.3 Å².